The van der Waals surface area contributed by atoms with Crippen molar-refractivity contribution < 1.29 is 0 Å². The summed E-state index contributed by atoms with van der Waals surface area (Å²) in [6.45, 7) is 0. The Kier molecular flexibility index (Phi) is 1.96. The van der Waals surface area contributed by atoms with Crippen molar-refractivity contribution in [2.45, 2.75) is 5.03 Å². The maximum atomic E-state index is 5.52. The van der Waals surface area contributed by atoms with Gasteiger partial charge in [-0.2, -0.15) is 0 Å². The first-order valence-electron chi connectivity index (χ1n) is 2.65. The molecule has 1 rings (SSSR count). The van der Waals surface area contributed by atoms with Crippen LogP contribution in [0.15, 0.2) is 11.4 Å². The molecule has 0 aliphatic rings. The van der Waals surface area contributed by atoms with Crippen LogP contribution in [0.25, 0.3) is 0 Å². The van der Waals surface area contributed by atoms with Gasteiger partial charge in [0.15, 0.2) is 5.82 Å². The Hall–Kier alpha value is -0.970. The van der Waals surface area contributed by atoms with Crippen LogP contribution in [0.1, 0.15) is 0 Å². The molecule has 0 aliphatic heterocycles. The summed E-state index contributed by atoms with van der Waals surface area (Å²) < 4.78 is 0. The highest BCUT2D eigenvalue weighted by Crippen LogP contribution is 2.22. The Morgan fingerprint density at radius 3 is 2.60 bits per heavy atom. The molecule has 4 N–H and O–H groups in total. The van der Waals surface area contributed by atoms with Gasteiger partial charge in [-0.25, -0.2) is 9.97 Å². The molecule has 0 bridgehead atoms. The lowest BCUT2D eigenvalue weighted by molar-refractivity contribution is 1.07. The fourth-order valence-corrected chi connectivity index (χ4v) is 1.03. The zero-order valence-corrected chi connectivity index (χ0v) is 6.35. The molecule has 4 nitrogen and oxygen atoms in total. The van der Waals surface area contributed by atoms with Crippen molar-refractivity contribution in [1.29, 1.82) is 0 Å². The number of thioether (sulfide) groups is 1. The average Bonchev–Trinajstić information content (AvgIpc) is 1.95. The van der Waals surface area contributed by atoms with E-state index in [0.717, 1.165) is 5.03 Å². The number of hydrogen-bond donors (Lipinski definition) is 2. The third kappa shape index (κ3) is 1.13. The number of aromatic nitrogens is 2. The topological polar surface area (TPSA) is 77.8 Å². The quantitative estimate of drug-likeness (QED) is 0.453. The summed E-state index contributed by atoms with van der Waals surface area (Å²) in [7, 11) is 0. The summed E-state index contributed by atoms with van der Waals surface area (Å²) in [6.07, 6.45) is 3.29. The first-order chi connectivity index (χ1) is 4.75. The second-order valence-electron chi connectivity index (χ2n) is 1.68. The van der Waals surface area contributed by atoms with Crippen LogP contribution in [0.2, 0.25) is 0 Å². The van der Waals surface area contributed by atoms with Crippen molar-refractivity contribution in [1.82, 2.24) is 9.97 Å². The Bertz CT molecular complexity index is 237. The molecule has 10 heavy (non-hydrogen) atoms. The molecular weight excluding hydrogens is 148 g/mol. The van der Waals surface area contributed by atoms with Gasteiger partial charge >= 0.3 is 0 Å². The highest BCUT2D eigenvalue weighted by molar-refractivity contribution is 7.98. The third-order valence-corrected chi connectivity index (χ3v) is 1.78. The zero-order chi connectivity index (χ0) is 7.56. The van der Waals surface area contributed by atoms with Gasteiger partial charge in [0.05, 0.1) is 0 Å². The van der Waals surface area contributed by atoms with Crippen LogP contribution in [0.5, 0.6) is 0 Å². The fourth-order valence-electron chi connectivity index (χ4n) is 0.555. The Labute approximate surface area is 63.0 Å². The van der Waals surface area contributed by atoms with Crippen LogP contribution < -0.4 is 11.5 Å². The Morgan fingerprint density at radius 2 is 2.10 bits per heavy atom. The highest BCUT2D eigenvalue weighted by Gasteiger charge is 2.01. The zero-order valence-electron chi connectivity index (χ0n) is 5.53. The lowest BCUT2D eigenvalue weighted by Crippen LogP contribution is -2.00. The van der Waals surface area contributed by atoms with Crippen molar-refractivity contribution in [3.05, 3.63) is 6.33 Å². The van der Waals surface area contributed by atoms with Crippen LogP contribution in [-0.4, -0.2) is 16.2 Å². The number of nitrogens with two attached hydrogens (primary N) is 2. The molecular formula is C5H8N4S. The van der Waals surface area contributed by atoms with E-state index in [4.69, 9.17) is 11.5 Å². The van der Waals surface area contributed by atoms with Gasteiger partial charge in [-0.1, -0.05) is 0 Å². The van der Waals surface area contributed by atoms with Gasteiger partial charge in [0, 0.05) is 0 Å². The molecule has 54 valence electrons. The molecule has 0 fully saturated rings. The molecule has 0 aromatic carbocycles. The molecule has 1 aromatic rings. The first kappa shape index (κ1) is 7.14. The minimum absolute atomic E-state index is 0.347. The normalized spacial score (nSPS) is 9.70. The molecule has 0 spiro atoms. The maximum Gasteiger partial charge on any atom is 0.151 e. The van der Waals surface area contributed by atoms with Gasteiger partial charge in [0.1, 0.15) is 17.0 Å². The summed E-state index contributed by atoms with van der Waals surface area (Å²) in [5.41, 5.74) is 11.4. The number of hydrogen-bond acceptors (Lipinski definition) is 5. The van der Waals surface area contributed by atoms with E-state index >= 15 is 0 Å². The molecule has 1 aromatic heterocycles. The minimum Gasteiger partial charge on any atom is -0.394 e. The smallest absolute Gasteiger partial charge is 0.151 e. The predicted octanol–water partition coefficient (Wildman–Crippen LogP) is 0.363. The maximum absolute atomic E-state index is 5.52. The summed E-state index contributed by atoms with van der Waals surface area (Å²) in [6, 6.07) is 0. The number of rotatable bonds is 1. The summed E-state index contributed by atoms with van der Waals surface area (Å²) in [5, 5.41) is 0.729. The first-order valence-corrected chi connectivity index (χ1v) is 3.88. The van der Waals surface area contributed by atoms with E-state index in [9.17, 15) is 0 Å². The predicted molar refractivity (Wildman–Crippen MR) is 42.6 cm³/mol. The van der Waals surface area contributed by atoms with Gasteiger partial charge in [-0.15, -0.1) is 11.8 Å². The van der Waals surface area contributed by atoms with Crippen LogP contribution in [-0.2, 0) is 0 Å². The molecule has 0 atom stereocenters. The van der Waals surface area contributed by atoms with Crippen molar-refractivity contribution in [3.8, 4) is 0 Å². The minimum atomic E-state index is 0.347. The molecule has 0 radical (unpaired) electrons. The summed E-state index contributed by atoms with van der Waals surface area (Å²) in [4.78, 5) is 7.62. The Balaban J connectivity index is 3.14. The van der Waals surface area contributed by atoms with Crippen LogP contribution in [0, 0.1) is 0 Å². The van der Waals surface area contributed by atoms with Crippen LogP contribution in [0.4, 0.5) is 11.5 Å². The molecule has 1 heterocycles. The standard InChI is InChI=1S/C5H8N4S/c1-10-5-3(6)4(7)8-2-9-5/h2H,6H2,1H3,(H2,7,8,9). The van der Waals surface area contributed by atoms with Crippen LogP contribution >= 0.6 is 11.8 Å². The van der Waals surface area contributed by atoms with Crippen molar-refractivity contribution in [2.75, 3.05) is 17.7 Å². The van der Waals surface area contributed by atoms with Gasteiger partial charge in [0.2, 0.25) is 0 Å². The average molecular weight is 156 g/mol. The number of nitrogens with zero attached hydrogens (tertiary/aromatic N) is 2. The molecule has 0 aliphatic carbocycles. The monoisotopic (exact) mass is 156 g/mol. The molecule has 0 amide bonds. The van der Waals surface area contributed by atoms with E-state index < -0.39 is 0 Å². The molecule has 0 saturated carbocycles. The van der Waals surface area contributed by atoms with Gasteiger partial charge < -0.3 is 11.5 Å². The van der Waals surface area contributed by atoms with E-state index in [-0.39, 0.29) is 0 Å². The number of anilines is 2. The summed E-state index contributed by atoms with van der Waals surface area (Å²) in [5.74, 6) is 0.347. The lowest BCUT2D eigenvalue weighted by atomic mass is 10.5. The fraction of sp³-hybridized carbons (Fsp3) is 0.200. The van der Waals surface area contributed by atoms with Crippen LogP contribution in [0.3, 0.4) is 0 Å². The SMILES string of the molecule is CSc1ncnc(N)c1N. The molecule has 0 saturated heterocycles. The van der Waals surface area contributed by atoms with E-state index in [1.807, 2.05) is 6.26 Å². The van der Waals surface area contributed by atoms with E-state index in [1.54, 1.807) is 0 Å². The van der Waals surface area contributed by atoms with E-state index in [1.165, 1.54) is 18.1 Å². The van der Waals surface area contributed by atoms with Crippen molar-refractivity contribution in [3.63, 3.8) is 0 Å². The van der Waals surface area contributed by atoms with Crippen molar-refractivity contribution in [2.24, 2.45) is 0 Å². The van der Waals surface area contributed by atoms with Gasteiger partial charge in [-0.3, -0.25) is 0 Å². The lowest BCUT2D eigenvalue weighted by Gasteiger charge is -2.00. The molecule has 0 unspecified atom stereocenters. The second-order valence-corrected chi connectivity index (χ2v) is 2.48. The summed E-state index contributed by atoms with van der Waals surface area (Å²) >= 11 is 1.45. The third-order valence-electron chi connectivity index (χ3n) is 1.07. The largest absolute Gasteiger partial charge is 0.394 e. The molecule has 5 heteroatoms. The van der Waals surface area contributed by atoms with E-state index in [0.29, 0.717) is 11.5 Å². The van der Waals surface area contributed by atoms with Gasteiger partial charge in [-0.05, 0) is 6.26 Å². The second kappa shape index (κ2) is 2.74. The highest BCUT2D eigenvalue weighted by atomic mass is 32.2. The Morgan fingerprint density at radius 1 is 1.40 bits per heavy atom. The van der Waals surface area contributed by atoms with E-state index in [2.05, 4.69) is 9.97 Å². The van der Waals surface area contributed by atoms with Gasteiger partial charge in [0.25, 0.3) is 0 Å². The van der Waals surface area contributed by atoms with Crippen molar-refractivity contribution >= 4 is 23.3 Å². The number of nitrogen functional groups attached to an aromatic ring is 2.